The van der Waals surface area contributed by atoms with Gasteiger partial charge in [-0.1, -0.05) is 0 Å². The van der Waals surface area contributed by atoms with Gasteiger partial charge in [0.15, 0.2) is 0 Å². The van der Waals surface area contributed by atoms with E-state index in [0.717, 1.165) is 14.2 Å². The average Bonchev–Trinajstić information content (AvgIpc) is 2.36. The van der Waals surface area contributed by atoms with Gasteiger partial charge in [0.05, 0.1) is 38.1 Å². The van der Waals surface area contributed by atoms with Gasteiger partial charge in [-0.25, -0.2) is 8.78 Å². The van der Waals surface area contributed by atoms with E-state index in [-0.39, 0.29) is 0 Å². The van der Waals surface area contributed by atoms with Crippen molar-refractivity contribution in [2.75, 3.05) is 14.2 Å². The molecule has 1 heterocycles. The van der Waals surface area contributed by atoms with E-state index in [2.05, 4.69) is 14.5 Å². The molecule has 0 saturated carbocycles. The normalized spacial score (nSPS) is 11.6. The van der Waals surface area contributed by atoms with Crippen LogP contribution in [0, 0.1) is 0 Å². The molecule has 20 heavy (non-hydrogen) atoms. The van der Waals surface area contributed by atoms with Gasteiger partial charge in [-0.3, -0.25) is 9.78 Å². The monoisotopic (exact) mass is 299 g/mol. The van der Waals surface area contributed by atoms with Crippen LogP contribution in [0.5, 0.6) is 5.75 Å². The molecule has 0 fully saturated rings. The van der Waals surface area contributed by atoms with Crippen LogP contribution in [0.15, 0.2) is 6.20 Å². The molecule has 4 nitrogen and oxygen atoms in total. The van der Waals surface area contributed by atoms with Gasteiger partial charge < -0.3 is 9.47 Å². The molecule has 9 heteroatoms. The van der Waals surface area contributed by atoms with Crippen LogP contribution in [0.3, 0.4) is 0 Å². The summed E-state index contributed by atoms with van der Waals surface area (Å²) in [4.78, 5) is 14.5. The Kier molecular flexibility index (Phi) is 4.85. The molecule has 0 spiro atoms. The van der Waals surface area contributed by atoms with E-state index < -0.39 is 47.6 Å². The lowest BCUT2D eigenvalue weighted by molar-refractivity contribution is -0.142. The number of rotatable bonds is 4. The van der Waals surface area contributed by atoms with Crippen LogP contribution in [0.25, 0.3) is 0 Å². The molecule has 0 atom stereocenters. The first kappa shape index (κ1) is 16.1. The lowest BCUT2D eigenvalue weighted by Crippen LogP contribution is -2.17. The van der Waals surface area contributed by atoms with Gasteiger partial charge in [0.2, 0.25) is 0 Å². The van der Waals surface area contributed by atoms with E-state index in [1.54, 1.807) is 0 Å². The number of esters is 1. The summed E-state index contributed by atoms with van der Waals surface area (Å²) in [6.45, 7) is 0. The molecule has 0 unspecified atom stereocenters. The number of pyridine rings is 1. The second-order valence-corrected chi connectivity index (χ2v) is 3.61. The van der Waals surface area contributed by atoms with Crippen molar-refractivity contribution in [1.82, 2.24) is 4.98 Å². The molecule has 0 amide bonds. The average molecular weight is 299 g/mol. The van der Waals surface area contributed by atoms with Crippen molar-refractivity contribution >= 4 is 5.97 Å². The topological polar surface area (TPSA) is 48.4 Å². The molecule has 112 valence electrons. The number of halogens is 5. The quantitative estimate of drug-likeness (QED) is 0.633. The summed E-state index contributed by atoms with van der Waals surface area (Å²) in [6, 6.07) is 0. The van der Waals surface area contributed by atoms with Crippen molar-refractivity contribution in [2.45, 2.75) is 19.0 Å². The summed E-state index contributed by atoms with van der Waals surface area (Å²) in [5, 5.41) is 0. The third kappa shape index (κ3) is 3.34. The highest BCUT2D eigenvalue weighted by Crippen LogP contribution is 2.42. The fourth-order valence-electron chi connectivity index (χ4n) is 1.58. The second-order valence-electron chi connectivity index (χ2n) is 3.61. The smallest absolute Gasteiger partial charge is 0.420 e. The van der Waals surface area contributed by atoms with Crippen LogP contribution in [0.2, 0.25) is 0 Å². The van der Waals surface area contributed by atoms with Gasteiger partial charge in [-0.15, -0.1) is 0 Å². The Morgan fingerprint density at radius 2 is 1.95 bits per heavy atom. The Hall–Kier alpha value is -1.93. The first-order chi connectivity index (χ1) is 9.22. The summed E-state index contributed by atoms with van der Waals surface area (Å²) in [6.07, 6.45) is -8.67. The van der Waals surface area contributed by atoms with Gasteiger partial charge >= 0.3 is 12.1 Å². The minimum Gasteiger partial charge on any atom is -0.494 e. The molecular formula is C11H10F5NO3. The number of ether oxygens (including phenoxy) is 2. The maximum absolute atomic E-state index is 12.9. The molecule has 0 aliphatic carbocycles. The number of alkyl halides is 5. The lowest BCUT2D eigenvalue weighted by atomic mass is 10.0. The van der Waals surface area contributed by atoms with E-state index in [9.17, 15) is 26.7 Å². The number of aromatic nitrogens is 1. The molecule has 1 aromatic rings. The van der Waals surface area contributed by atoms with Crippen molar-refractivity contribution in [1.29, 1.82) is 0 Å². The first-order valence-electron chi connectivity index (χ1n) is 5.20. The zero-order chi connectivity index (χ0) is 15.5. The molecule has 1 aromatic heterocycles. The van der Waals surface area contributed by atoms with Crippen LogP contribution in [-0.2, 0) is 22.1 Å². The first-order valence-corrected chi connectivity index (χ1v) is 5.20. The summed E-state index contributed by atoms with van der Waals surface area (Å²) in [5.74, 6) is -1.81. The predicted octanol–water partition coefficient (Wildman–Crippen LogP) is 2.76. The van der Waals surface area contributed by atoms with Gasteiger partial charge in [0, 0.05) is 0 Å². The molecular weight excluding hydrogens is 289 g/mol. The molecule has 0 aromatic carbocycles. The third-order valence-corrected chi connectivity index (χ3v) is 2.43. The third-order valence-electron chi connectivity index (χ3n) is 2.43. The van der Waals surface area contributed by atoms with E-state index in [4.69, 9.17) is 0 Å². The van der Waals surface area contributed by atoms with Crippen molar-refractivity contribution in [3.05, 3.63) is 23.0 Å². The van der Waals surface area contributed by atoms with E-state index in [0.29, 0.717) is 6.20 Å². The zero-order valence-electron chi connectivity index (χ0n) is 10.4. The molecule has 0 aliphatic heterocycles. The summed E-state index contributed by atoms with van der Waals surface area (Å²) < 4.78 is 73.2. The Balaban J connectivity index is 3.52. The number of methoxy groups -OCH3 is 2. The molecule has 0 radical (unpaired) electrons. The minimum atomic E-state index is -5.06. The molecule has 1 rings (SSSR count). The van der Waals surface area contributed by atoms with Gasteiger partial charge in [-0.05, 0) is 0 Å². The molecule has 0 bridgehead atoms. The maximum Gasteiger partial charge on any atom is 0.420 e. The number of hydrogen-bond acceptors (Lipinski definition) is 4. The number of nitrogens with zero attached hydrogens (tertiary/aromatic N) is 1. The van der Waals surface area contributed by atoms with Crippen LogP contribution < -0.4 is 4.74 Å². The standard InChI is InChI=1S/C11H10F5NO3/c1-19-6-4-17-5(3-7(18)20-2)8(10(12)13)9(6)11(14,15)16/h4,10H,3H2,1-2H3. The Morgan fingerprint density at radius 3 is 2.35 bits per heavy atom. The van der Waals surface area contributed by atoms with E-state index in [1.165, 1.54) is 0 Å². The zero-order valence-corrected chi connectivity index (χ0v) is 10.4. The van der Waals surface area contributed by atoms with Crippen LogP contribution in [-0.4, -0.2) is 25.2 Å². The summed E-state index contributed by atoms with van der Waals surface area (Å²) >= 11 is 0. The van der Waals surface area contributed by atoms with Crippen molar-refractivity contribution in [2.24, 2.45) is 0 Å². The SMILES string of the molecule is COC(=O)Cc1ncc(OC)c(C(F)(F)F)c1C(F)F. The minimum absolute atomic E-state index is 0.646. The van der Waals surface area contributed by atoms with Crippen molar-refractivity contribution in [3.63, 3.8) is 0 Å². The summed E-state index contributed by atoms with van der Waals surface area (Å²) in [5.41, 5.74) is -3.70. The number of hydrogen-bond donors (Lipinski definition) is 0. The Labute approximate surface area is 110 Å². The van der Waals surface area contributed by atoms with Crippen LogP contribution in [0.4, 0.5) is 22.0 Å². The molecule has 0 saturated heterocycles. The van der Waals surface area contributed by atoms with Crippen molar-refractivity contribution in [3.8, 4) is 5.75 Å². The Morgan fingerprint density at radius 1 is 1.35 bits per heavy atom. The Bertz CT molecular complexity index is 502. The number of carbonyl (C=O) groups is 1. The summed E-state index contributed by atoms with van der Waals surface area (Å²) in [7, 11) is 1.89. The molecule has 0 N–H and O–H groups in total. The highest BCUT2D eigenvalue weighted by Gasteiger charge is 2.41. The largest absolute Gasteiger partial charge is 0.494 e. The van der Waals surface area contributed by atoms with Crippen LogP contribution >= 0.6 is 0 Å². The fraction of sp³-hybridized carbons (Fsp3) is 0.455. The number of carbonyl (C=O) groups excluding carboxylic acids is 1. The predicted molar refractivity (Wildman–Crippen MR) is 56.5 cm³/mol. The van der Waals surface area contributed by atoms with E-state index in [1.807, 2.05) is 0 Å². The fourth-order valence-corrected chi connectivity index (χ4v) is 1.58. The second kappa shape index (κ2) is 6.02. The highest BCUT2D eigenvalue weighted by molar-refractivity contribution is 5.72. The lowest BCUT2D eigenvalue weighted by Gasteiger charge is -2.18. The van der Waals surface area contributed by atoms with Gasteiger partial charge in [0.25, 0.3) is 6.43 Å². The van der Waals surface area contributed by atoms with Crippen LogP contribution in [0.1, 0.15) is 23.2 Å². The van der Waals surface area contributed by atoms with Crippen molar-refractivity contribution < 1.29 is 36.2 Å². The maximum atomic E-state index is 12.9. The molecule has 0 aliphatic rings. The van der Waals surface area contributed by atoms with E-state index >= 15 is 0 Å². The van der Waals surface area contributed by atoms with Gasteiger partial charge in [0.1, 0.15) is 11.3 Å². The highest BCUT2D eigenvalue weighted by atomic mass is 19.4. The van der Waals surface area contributed by atoms with Gasteiger partial charge in [-0.2, -0.15) is 13.2 Å².